The van der Waals surface area contributed by atoms with E-state index in [1.807, 2.05) is 0 Å². The van der Waals surface area contributed by atoms with Crippen LogP contribution in [0.5, 0.6) is 0 Å². The predicted molar refractivity (Wildman–Crippen MR) is 53.5 cm³/mol. The van der Waals surface area contributed by atoms with Gasteiger partial charge in [-0.3, -0.25) is 14.2 Å². The normalized spacial score (nSPS) is 13.7. The lowest BCUT2D eigenvalue weighted by molar-refractivity contribution is -0.192. The van der Waals surface area contributed by atoms with Crippen LogP contribution in [0.1, 0.15) is 6.92 Å². The van der Waals surface area contributed by atoms with E-state index in [0.29, 0.717) is 0 Å². The second-order valence-electron chi connectivity index (χ2n) is 3.63. The Morgan fingerprint density at radius 2 is 1.27 bits per heavy atom. The number of esters is 1. The number of ketones is 2. The largest absolute Gasteiger partial charge is 0.464 e. The molecule has 0 spiro atoms. The molecular formula is C8H7F6O7P. The van der Waals surface area contributed by atoms with Crippen LogP contribution in [0.25, 0.3) is 0 Å². The molecule has 0 aliphatic heterocycles. The summed E-state index contributed by atoms with van der Waals surface area (Å²) >= 11 is 0. The van der Waals surface area contributed by atoms with Crippen molar-refractivity contribution >= 4 is 25.1 Å². The first kappa shape index (κ1) is 20.5. The van der Waals surface area contributed by atoms with Crippen molar-refractivity contribution in [1.82, 2.24) is 0 Å². The van der Waals surface area contributed by atoms with Crippen LogP contribution in [0.4, 0.5) is 26.3 Å². The van der Waals surface area contributed by atoms with Crippen molar-refractivity contribution < 1.29 is 59.8 Å². The lowest BCUT2D eigenvalue weighted by Gasteiger charge is -2.29. The molecule has 0 heterocycles. The average Bonchev–Trinajstić information content (AvgIpc) is 2.25. The van der Waals surface area contributed by atoms with E-state index in [9.17, 15) is 45.3 Å². The number of rotatable bonds is 5. The van der Waals surface area contributed by atoms with Gasteiger partial charge in [0.15, 0.2) is 0 Å². The van der Waals surface area contributed by atoms with Crippen LogP contribution in [0.2, 0.25) is 0 Å². The topological polar surface area (TPSA) is 118 Å². The van der Waals surface area contributed by atoms with E-state index < -0.39 is 49.2 Å². The third-order valence-corrected chi connectivity index (χ3v) is 3.64. The SMILES string of the molecule is CCOC(=O)C(C(=O)C(F)(F)F)(C(=O)C(F)(F)F)P(=O)(O)O. The molecule has 0 atom stereocenters. The summed E-state index contributed by atoms with van der Waals surface area (Å²) in [6, 6.07) is 0. The molecule has 0 rings (SSSR count). The van der Waals surface area contributed by atoms with Gasteiger partial charge < -0.3 is 14.5 Å². The van der Waals surface area contributed by atoms with Crippen LogP contribution < -0.4 is 0 Å². The molecule has 0 aromatic carbocycles. The van der Waals surface area contributed by atoms with Crippen molar-refractivity contribution in [2.45, 2.75) is 24.4 Å². The molecule has 0 saturated heterocycles. The average molecular weight is 360 g/mol. The summed E-state index contributed by atoms with van der Waals surface area (Å²) in [7, 11) is -6.91. The molecule has 0 saturated carbocycles. The van der Waals surface area contributed by atoms with Crippen molar-refractivity contribution in [3.05, 3.63) is 0 Å². The first-order valence-electron chi connectivity index (χ1n) is 5.00. The molecule has 128 valence electrons. The monoisotopic (exact) mass is 360 g/mol. The molecular weight excluding hydrogens is 353 g/mol. The third kappa shape index (κ3) is 3.47. The minimum Gasteiger partial charge on any atom is -0.464 e. The standard InChI is InChI=1S/C8H7F6O7P/c1-2-21-5(17)6(22(18,19)20,3(15)7(9,10)11)4(16)8(12,13)14/h2H2,1H3,(H2,18,19,20). The molecule has 0 amide bonds. The highest BCUT2D eigenvalue weighted by Crippen LogP contribution is 2.56. The summed E-state index contributed by atoms with van der Waals surface area (Å²) in [6.45, 7) is -0.0880. The van der Waals surface area contributed by atoms with Crippen molar-refractivity contribution in [2.24, 2.45) is 0 Å². The molecule has 2 N–H and O–H groups in total. The lowest BCUT2D eigenvalue weighted by Crippen LogP contribution is -2.62. The lowest BCUT2D eigenvalue weighted by atomic mass is 9.96. The Balaban J connectivity index is 6.73. The zero-order chi connectivity index (χ0) is 18.1. The van der Waals surface area contributed by atoms with Gasteiger partial charge in [0.1, 0.15) is 0 Å². The van der Waals surface area contributed by atoms with Crippen molar-refractivity contribution in [3.8, 4) is 0 Å². The van der Waals surface area contributed by atoms with Gasteiger partial charge in [-0.25, -0.2) is 4.79 Å². The van der Waals surface area contributed by atoms with Gasteiger partial charge in [0.2, 0.25) is 0 Å². The highest BCUT2D eigenvalue weighted by atomic mass is 31.2. The number of alkyl halides is 6. The van der Waals surface area contributed by atoms with E-state index in [2.05, 4.69) is 4.74 Å². The summed E-state index contributed by atoms with van der Waals surface area (Å²) in [5.41, 5.74) is 0. The van der Waals surface area contributed by atoms with Gasteiger partial charge in [-0.2, -0.15) is 26.3 Å². The predicted octanol–water partition coefficient (Wildman–Crippen LogP) is 0.729. The molecule has 0 aliphatic carbocycles. The van der Waals surface area contributed by atoms with Gasteiger partial charge in [0.05, 0.1) is 6.61 Å². The van der Waals surface area contributed by atoms with E-state index in [-0.39, 0.29) is 0 Å². The Hall–Kier alpha value is -1.46. The maximum absolute atomic E-state index is 12.4. The molecule has 22 heavy (non-hydrogen) atoms. The van der Waals surface area contributed by atoms with Gasteiger partial charge in [-0.1, -0.05) is 0 Å². The number of Topliss-reactive ketones (excluding diaryl/α,β-unsaturated/α-hetero) is 2. The van der Waals surface area contributed by atoms with Crippen LogP contribution >= 0.6 is 7.60 Å². The van der Waals surface area contributed by atoms with Crippen molar-refractivity contribution in [2.75, 3.05) is 6.61 Å². The maximum atomic E-state index is 12.4. The number of carbonyl (C=O) groups excluding carboxylic acids is 3. The second kappa shape index (κ2) is 5.97. The molecule has 0 aliphatic rings. The van der Waals surface area contributed by atoms with Crippen molar-refractivity contribution in [3.63, 3.8) is 0 Å². The fourth-order valence-electron chi connectivity index (χ4n) is 1.32. The third-order valence-electron chi connectivity index (χ3n) is 2.18. The summed E-state index contributed by atoms with van der Waals surface area (Å²) in [4.78, 5) is 51.1. The smallest absolute Gasteiger partial charge is 0.452 e. The van der Waals surface area contributed by atoms with Crippen LogP contribution in [-0.2, 0) is 23.7 Å². The van der Waals surface area contributed by atoms with E-state index in [1.54, 1.807) is 0 Å². The van der Waals surface area contributed by atoms with Crippen LogP contribution in [-0.4, -0.2) is 51.4 Å². The van der Waals surface area contributed by atoms with Gasteiger partial charge in [0, 0.05) is 0 Å². The first-order chi connectivity index (χ1) is 9.54. The maximum Gasteiger partial charge on any atom is 0.452 e. The Bertz CT molecular complexity index is 504. The number of carbonyl (C=O) groups is 3. The summed E-state index contributed by atoms with van der Waals surface area (Å²) in [5.74, 6) is -10.7. The fraction of sp³-hybridized carbons (Fsp3) is 0.625. The highest BCUT2D eigenvalue weighted by molar-refractivity contribution is 7.57. The molecule has 0 aromatic rings. The minimum atomic E-state index is -6.91. The molecule has 0 unspecified atom stereocenters. The Morgan fingerprint density at radius 1 is 0.955 bits per heavy atom. The van der Waals surface area contributed by atoms with Gasteiger partial charge in [-0.05, 0) is 6.92 Å². The van der Waals surface area contributed by atoms with Gasteiger partial charge in [0.25, 0.3) is 11.6 Å². The highest BCUT2D eigenvalue weighted by Gasteiger charge is 2.77. The zero-order valence-corrected chi connectivity index (χ0v) is 11.3. The van der Waals surface area contributed by atoms with Gasteiger partial charge in [-0.15, -0.1) is 0 Å². The Labute approximate surface area is 117 Å². The molecule has 0 bridgehead atoms. The molecule has 0 fully saturated rings. The van der Waals surface area contributed by atoms with Crippen LogP contribution in [0, 0.1) is 0 Å². The quantitative estimate of drug-likeness (QED) is 0.321. The van der Waals surface area contributed by atoms with Crippen LogP contribution in [0.15, 0.2) is 0 Å². The zero-order valence-electron chi connectivity index (χ0n) is 10.4. The Morgan fingerprint density at radius 3 is 1.45 bits per heavy atom. The minimum absolute atomic E-state index is 0.860. The number of hydrogen-bond acceptors (Lipinski definition) is 5. The van der Waals surface area contributed by atoms with E-state index in [0.717, 1.165) is 6.92 Å². The molecule has 14 heteroatoms. The van der Waals surface area contributed by atoms with E-state index in [1.165, 1.54) is 0 Å². The van der Waals surface area contributed by atoms with Crippen molar-refractivity contribution in [1.29, 1.82) is 0 Å². The first-order valence-corrected chi connectivity index (χ1v) is 6.61. The fourth-order valence-corrected chi connectivity index (χ4v) is 2.40. The summed E-state index contributed by atoms with van der Waals surface area (Å²) < 4.78 is 89.2. The summed E-state index contributed by atoms with van der Waals surface area (Å²) in [6.07, 6.45) is -12.6. The van der Waals surface area contributed by atoms with E-state index in [4.69, 9.17) is 9.79 Å². The number of hydrogen-bond donors (Lipinski definition) is 2. The van der Waals surface area contributed by atoms with E-state index >= 15 is 0 Å². The number of halogens is 6. The van der Waals surface area contributed by atoms with Gasteiger partial charge >= 0.3 is 31.1 Å². The van der Waals surface area contributed by atoms with Crippen LogP contribution in [0.3, 0.4) is 0 Å². The molecule has 7 nitrogen and oxygen atoms in total. The Kier molecular flexibility index (Phi) is 5.57. The number of ether oxygens (including phenoxy) is 1. The summed E-state index contributed by atoms with van der Waals surface area (Å²) in [5, 5.41) is -5.39. The molecule has 0 radical (unpaired) electrons. The second-order valence-corrected chi connectivity index (χ2v) is 5.39. The molecule has 0 aromatic heterocycles.